The molecule has 2 heterocycles. The maximum atomic E-state index is 12.2. The van der Waals surface area contributed by atoms with Crippen molar-refractivity contribution >= 4 is 5.97 Å². The lowest BCUT2D eigenvalue weighted by Gasteiger charge is -2.08. The fourth-order valence-electron chi connectivity index (χ4n) is 1.83. The minimum atomic E-state index is -0.583. The lowest BCUT2D eigenvalue weighted by atomic mass is 10.2. The molecule has 3 rings (SSSR count). The molecule has 0 saturated heterocycles. The van der Waals surface area contributed by atoms with Crippen molar-refractivity contribution < 1.29 is 18.7 Å². The Morgan fingerprint density at radius 2 is 1.96 bits per heavy atom. The number of esters is 1. The van der Waals surface area contributed by atoms with Gasteiger partial charge in [-0.3, -0.25) is 0 Å². The first-order valence-electron chi connectivity index (χ1n) is 6.86. The number of carbonyl (C=O) groups is 1. The van der Waals surface area contributed by atoms with Crippen LogP contribution in [0.5, 0.6) is 11.6 Å². The molecule has 7 heteroatoms. The maximum Gasteiger partial charge on any atom is 0.344 e. The van der Waals surface area contributed by atoms with Gasteiger partial charge in [0.25, 0.3) is 5.89 Å². The van der Waals surface area contributed by atoms with Crippen molar-refractivity contribution in [2.75, 3.05) is 0 Å². The number of hydrogen-bond acceptors (Lipinski definition) is 7. The fourth-order valence-corrected chi connectivity index (χ4v) is 1.83. The van der Waals surface area contributed by atoms with E-state index in [0.717, 1.165) is 0 Å². The van der Waals surface area contributed by atoms with Crippen molar-refractivity contribution in [1.29, 1.82) is 0 Å². The Morgan fingerprint density at radius 1 is 1.13 bits per heavy atom. The molecular formula is C16H13N3O4. The molecule has 0 aliphatic heterocycles. The highest BCUT2D eigenvalue weighted by Gasteiger charge is 2.17. The molecule has 0 aliphatic rings. The number of ether oxygens (including phenoxy) is 2. The first kappa shape index (κ1) is 14.7. The number of nitrogens with zero attached hydrogens (tertiary/aromatic N) is 3. The number of aromatic nitrogens is 3. The second-order valence-electron chi connectivity index (χ2n) is 4.56. The first-order chi connectivity index (χ1) is 11.2. The van der Waals surface area contributed by atoms with Gasteiger partial charge >= 0.3 is 5.97 Å². The van der Waals surface area contributed by atoms with Crippen molar-refractivity contribution in [3.05, 3.63) is 66.0 Å². The van der Waals surface area contributed by atoms with Crippen LogP contribution in [0, 0.1) is 6.92 Å². The van der Waals surface area contributed by atoms with Crippen LogP contribution in [0.25, 0.3) is 0 Å². The zero-order chi connectivity index (χ0) is 16.1. The van der Waals surface area contributed by atoms with E-state index in [0.29, 0.717) is 11.6 Å². The summed E-state index contributed by atoms with van der Waals surface area (Å²) in [5.41, 5.74) is 0.215. The third-order valence-corrected chi connectivity index (χ3v) is 2.84. The molecule has 2 aromatic heterocycles. The minimum absolute atomic E-state index is 0.112. The molecule has 7 nitrogen and oxygen atoms in total. The number of benzene rings is 1. The second-order valence-corrected chi connectivity index (χ2v) is 4.56. The SMILES string of the molecule is Cc1nnc(COC(=O)c2cccnc2Oc2ccccc2)o1. The Bertz CT molecular complexity index is 802. The van der Waals surface area contributed by atoms with Gasteiger partial charge in [-0.2, -0.15) is 0 Å². The van der Waals surface area contributed by atoms with Gasteiger partial charge in [0.05, 0.1) is 0 Å². The highest BCUT2D eigenvalue weighted by atomic mass is 16.5. The monoisotopic (exact) mass is 311 g/mol. The van der Waals surface area contributed by atoms with E-state index >= 15 is 0 Å². The number of para-hydroxylation sites is 1. The van der Waals surface area contributed by atoms with Crippen molar-refractivity contribution in [2.24, 2.45) is 0 Å². The third-order valence-electron chi connectivity index (χ3n) is 2.84. The zero-order valence-electron chi connectivity index (χ0n) is 12.3. The molecule has 0 spiro atoms. The van der Waals surface area contributed by atoms with Gasteiger partial charge in [-0.15, -0.1) is 10.2 Å². The smallest absolute Gasteiger partial charge is 0.344 e. The molecule has 0 amide bonds. The largest absolute Gasteiger partial charge is 0.452 e. The lowest BCUT2D eigenvalue weighted by Crippen LogP contribution is -2.08. The highest BCUT2D eigenvalue weighted by Crippen LogP contribution is 2.23. The highest BCUT2D eigenvalue weighted by molar-refractivity contribution is 5.91. The van der Waals surface area contributed by atoms with Gasteiger partial charge < -0.3 is 13.9 Å². The Balaban J connectivity index is 1.72. The van der Waals surface area contributed by atoms with Gasteiger partial charge in [-0.05, 0) is 24.3 Å². The number of carbonyl (C=O) groups excluding carboxylic acids is 1. The van der Waals surface area contributed by atoms with Crippen molar-refractivity contribution in [2.45, 2.75) is 13.5 Å². The van der Waals surface area contributed by atoms with Crippen LogP contribution >= 0.6 is 0 Å². The van der Waals surface area contributed by atoms with E-state index < -0.39 is 5.97 Å². The van der Waals surface area contributed by atoms with E-state index in [1.165, 1.54) is 6.20 Å². The average Bonchev–Trinajstić information content (AvgIpc) is 3.00. The summed E-state index contributed by atoms with van der Waals surface area (Å²) in [7, 11) is 0. The Kier molecular flexibility index (Phi) is 4.28. The van der Waals surface area contributed by atoms with Crippen LogP contribution in [0.2, 0.25) is 0 Å². The zero-order valence-corrected chi connectivity index (χ0v) is 12.3. The molecule has 3 aromatic rings. The van der Waals surface area contributed by atoms with Crippen LogP contribution in [0.1, 0.15) is 22.1 Å². The number of pyridine rings is 1. The van der Waals surface area contributed by atoms with Gasteiger partial charge in [0.2, 0.25) is 11.8 Å². The van der Waals surface area contributed by atoms with Crippen molar-refractivity contribution in [3.63, 3.8) is 0 Å². The lowest BCUT2D eigenvalue weighted by molar-refractivity contribution is 0.0433. The Labute approximate surface area is 131 Å². The molecule has 0 bridgehead atoms. The molecule has 0 saturated carbocycles. The van der Waals surface area contributed by atoms with Crippen LogP contribution in [0.3, 0.4) is 0 Å². The van der Waals surface area contributed by atoms with E-state index in [4.69, 9.17) is 13.9 Å². The molecule has 0 unspecified atom stereocenters. The van der Waals surface area contributed by atoms with Gasteiger partial charge in [0.1, 0.15) is 11.3 Å². The van der Waals surface area contributed by atoms with Crippen LogP contribution in [0.4, 0.5) is 0 Å². The molecule has 0 radical (unpaired) electrons. The standard InChI is InChI=1S/C16H13N3O4/c1-11-18-19-14(22-11)10-21-16(20)13-8-5-9-17-15(13)23-12-6-3-2-4-7-12/h2-9H,10H2,1H3. The van der Waals surface area contributed by atoms with Crippen molar-refractivity contribution in [3.8, 4) is 11.6 Å². The van der Waals surface area contributed by atoms with E-state index in [9.17, 15) is 4.79 Å². The fraction of sp³-hybridized carbons (Fsp3) is 0.125. The third kappa shape index (κ3) is 3.70. The summed E-state index contributed by atoms with van der Waals surface area (Å²) in [6.07, 6.45) is 1.54. The predicted molar refractivity (Wildman–Crippen MR) is 78.9 cm³/mol. The van der Waals surface area contributed by atoms with Crippen LogP contribution in [-0.4, -0.2) is 21.2 Å². The topological polar surface area (TPSA) is 87.3 Å². The number of hydrogen-bond donors (Lipinski definition) is 0. The first-order valence-corrected chi connectivity index (χ1v) is 6.86. The van der Waals surface area contributed by atoms with Gasteiger partial charge in [0.15, 0.2) is 6.61 Å². The molecular weight excluding hydrogens is 298 g/mol. The molecule has 0 fully saturated rings. The summed E-state index contributed by atoms with van der Waals surface area (Å²) < 4.78 is 15.9. The van der Waals surface area contributed by atoms with Gasteiger partial charge in [-0.1, -0.05) is 18.2 Å². The summed E-state index contributed by atoms with van der Waals surface area (Å²) in [6.45, 7) is 1.55. The van der Waals surface area contributed by atoms with Crippen molar-refractivity contribution in [1.82, 2.24) is 15.2 Å². The molecule has 1 aromatic carbocycles. The van der Waals surface area contributed by atoms with Crippen LogP contribution in [-0.2, 0) is 11.3 Å². The van der Waals surface area contributed by atoms with Crippen LogP contribution in [0.15, 0.2) is 53.1 Å². The summed E-state index contributed by atoms with van der Waals surface area (Å²) in [5.74, 6) is 0.800. The molecule has 0 N–H and O–H groups in total. The average molecular weight is 311 g/mol. The van der Waals surface area contributed by atoms with E-state index in [1.807, 2.05) is 18.2 Å². The Hall–Kier alpha value is -3.22. The molecule has 23 heavy (non-hydrogen) atoms. The quantitative estimate of drug-likeness (QED) is 0.669. The summed E-state index contributed by atoms with van der Waals surface area (Å²) in [5, 5.41) is 7.43. The Morgan fingerprint density at radius 3 is 2.70 bits per heavy atom. The molecule has 0 aliphatic carbocycles. The van der Waals surface area contributed by atoms with Gasteiger partial charge in [-0.25, -0.2) is 9.78 Å². The van der Waals surface area contributed by atoms with E-state index in [2.05, 4.69) is 15.2 Å². The number of aryl methyl sites for hydroxylation is 1. The minimum Gasteiger partial charge on any atom is -0.452 e. The maximum absolute atomic E-state index is 12.2. The summed E-state index contributed by atoms with van der Waals surface area (Å²) >= 11 is 0. The van der Waals surface area contributed by atoms with E-state index in [1.54, 1.807) is 31.2 Å². The normalized spacial score (nSPS) is 10.3. The summed E-state index contributed by atoms with van der Waals surface area (Å²) in [4.78, 5) is 16.3. The predicted octanol–water partition coefficient (Wildman–Crippen LogP) is 2.92. The molecule has 116 valence electrons. The summed E-state index contributed by atoms with van der Waals surface area (Å²) in [6, 6.07) is 12.3. The molecule has 0 atom stereocenters. The number of rotatable bonds is 5. The second kappa shape index (κ2) is 6.69. The van der Waals surface area contributed by atoms with Gasteiger partial charge in [0, 0.05) is 13.1 Å². The van der Waals surface area contributed by atoms with E-state index in [-0.39, 0.29) is 23.9 Å². The van der Waals surface area contributed by atoms with Crippen LogP contribution < -0.4 is 4.74 Å².